The summed E-state index contributed by atoms with van der Waals surface area (Å²) in [5.41, 5.74) is 2.34. The second-order valence-corrected chi connectivity index (χ2v) is 5.65. The molecule has 2 aromatic heterocycles. The van der Waals surface area contributed by atoms with Gasteiger partial charge in [0, 0.05) is 18.8 Å². The van der Waals surface area contributed by atoms with E-state index in [1.54, 1.807) is 24.7 Å². The fourth-order valence-corrected chi connectivity index (χ4v) is 2.64. The van der Waals surface area contributed by atoms with Crippen LogP contribution in [0.2, 0.25) is 0 Å². The van der Waals surface area contributed by atoms with Gasteiger partial charge < -0.3 is 14.5 Å². The maximum absolute atomic E-state index is 12.2. The van der Waals surface area contributed by atoms with Crippen molar-refractivity contribution in [1.82, 2.24) is 15.3 Å². The smallest absolute Gasteiger partial charge is 0.220 e. The second kappa shape index (κ2) is 8.80. The van der Waals surface area contributed by atoms with Crippen LogP contribution < -0.4 is 10.1 Å². The van der Waals surface area contributed by atoms with Gasteiger partial charge in [0.1, 0.15) is 11.4 Å². The van der Waals surface area contributed by atoms with Gasteiger partial charge in [-0.2, -0.15) is 0 Å². The van der Waals surface area contributed by atoms with Gasteiger partial charge in [-0.25, -0.2) is 4.98 Å². The number of hydrogen-bond donors (Lipinski definition) is 1. The number of carbonyl (C=O) groups is 1. The number of amides is 1. The van der Waals surface area contributed by atoms with Crippen LogP contribution in [0, 0.1) is 0 Å². The van der Waals surface area contributed by atoms with E-state index in [4.69, 9.17) is 9.15 Å². The molecule has 0 atom stereocenters. The van der Waals surface area contributed by atoms with Gasteiger partial charge in [0.25, 0.3) is 0 Å². The van der Waals surface area contributed by atoms with E-state index in [2.05, 4.69) is 15.3 Å². The van der Waals surface area contributed by atoms with E-state index in [-0.39, 0.29) is 5.91 Å². The maximum Gasteiger partial charge on any atom is 0.220 e. The minimum absolute atomic E-state index is 0.0488. The van der Waals surface area contributed by atoms with Crippen molar-refractivity contribution >= 4 is 5.91 Å². The molecule has 134 valence electrons. The number of aromatic nitrogens is 2. The van der Waals surface area contributed by atoms with Crippen molar-refractivity contribution in [3.05, 3.63) is 66.3 Å². The standard InChI is InChI=1S/C20H21N3O3/c1-2-25-17-7-4-3-6-15(17)9-10-19(24)23-14-16-20(22-12-11-21-16)18-8-5-13-26-18/h3-8,11-13H,2,9-10,14H2,1H3,(H,23,24). The number of hydrogen-bond acceptors (Lipinski definition) is 5. The Kier molecular flexibility index (Phi) is 5.98. The minimum atomic E-state index is -0.0488. The summed E-state index contributed by atoms with van der Waals surface area (Å²) in [5, 5.41) is 2.90. The Hall–Kier alpha value is -3.15. The molecule has 0 aliphatic rings. The number of benzene rings is 1. The molecular weight excluding hydrogens is 330 g/mol. The number of carbonyl (C=O) groups excluding carboxylic acids is 1. The molecule has 3 rings (SSSR count). The summed E-state index contributed by atoms with van der Waals surface area (Å²) in [6.45, 7) is 2.85. The molecule has 0 aliphatic carbocycles. The van der Waals surface area contributed by atoms with Crippen LogP contribution >= 0.6 is 0 Å². The van der Waals surface area contributed by atoms with Crippen LogP contribution in [-0.2, 0) is 17.8 Å². The first kappa shape index (κ1) is 17.7. The zero-order valence-corrected chi connectivity index (χ0v) is 14.6. The highest BCUT2D eigenvalue weighted by molar-refractivity contribution is 5.76. The lowest BCUT2D eigenvalue weighted by molar-refractivity contribution is -0.121. The lowest BCUT2D eigenvalue weighted by Gasteiger charge is -2.10. The lowest BCUT2D eigenvalue weighted by atomic mass is 10.1. The van der Waals surface area contributed by atoms with E-state index >= 15 is 0 Å². The zero-order valence-electron chi connectivity index (χ0n) is 14.6. The molecule has 0 bridgehead atoms. The third-order valence-corrected chi connectivity index (χ3v) is 3.88. The highest BCUT2D eigenvalue weighted by Gasteiger charge is 2.12. The number of nitrogens with zero attached hydrogens (tertiary/aromatic N) is 2. The van der Waals surface area contributed by atoms with E-state index < -0.39 is 0 Å². The summed E-state index contributed by atoms with van der Waals surface area (Å²) in [6, 6.07) is 11.4. The Morgan fingerprint density at radius 2 is 2.00 bits per heavy atom. The van der Waals surface area contributed by atoms with Crippen molar-refractivity contribution < 1.29 is 13.9 Å². The molecule has 6 nitrogen and oxygen atoms in total. The molecule has 0 saturated carbocycles. The van der Waals surface area contributed by atoms with Gasteiger partial charge in [-0.05, 0) is 37.1 Å². The lowest BCUT2D eigenvalue weighted by Crippen LogP contribution is -2.24. The highest BCUT2D eigenvalue weighted by Crippen LogP contribution is 2.21. The fraction of sp³-hybridized carbons (Fsp3) is 0.250. The average Bonchev–Trinajstić information content (AvgIpc) is 3.21. The maximum atomic E-state index is 12.2. The van der Waals surface area contributed by atoms with E-state index in [0.717, 1.165) is 11.3 Å². The fourth-order valence-electron chi connectivity index (χ4n) is 2.64. The van der Waals surface area contributed by atoms with Crippen LogP contribution in [0.5, 0.6) is 5.75 Å². The molecule has 0 saturated heterocycles. The molecule has 0 spiro atoms. The molecule has 1 amide bonds. The molecule has 6 heteroatoms. The molecule has 0 unspecified atom stereocenters. The first-order chi connectivity index (χ1) is 12.8. The first-order valence-electron chi connectivity index (χ1n) is 8.59. The Balaban J connectivity index is 1.57. The van der Waals surface area contributed by atoms with E-state index in [9.17, 15) is 4.79 Å². The largest absolute Gasteiger partial charge is 0.494 e. The summed E-state index contributed by atoms with van der Waals surface area (Å²) >= 11 is 0. The third kappa shape index (κ3) is 4.47. The van der Waals surface area contributed by atoms with Gasteiger partial charge in [0.2, 0.25) is 5.91 Å². The number of rotatable bonds is 8. The predicted octanol–water partition coefficient (Wildman–Crippen LogP) is 3.38. The van der Waals surface area contributed by atoms with Crippen LogP contribution in [0.25, 0.3) is 11.5 Å². The van der Waals surface area contributed by atoms with Crippen molar-refractivity contribution in [2.75, 3.05) is 6.61 Å². The summed E-state index contributed by atoms with van der Waals surface area (Å²) in [6.07, 6.45) is 5.79. The number of furan rings is 1. The Morgan fingerprint density at radius 1 is 1.15 bits per heavy atom. The van der Waals surface area contributed by atoms with Gasteiger partial charge in [0.05, 0.1) is 25.1 Å². The Labute approximate surface area is 152 Å². The number of ether oxygens (including phenoxy) is 1. The summed E-state index contributed by atoms with van der Waals surface area (Å²) in [5.74, 6) is 1.41. The summed E-state index contributed by atoms with van der Waals surface area (Å²) in [7, 11) is 0. The molecule has 2 heterocycles. The molecule has 1 aromatic carbocycles. The summed E-state index contributed by atoms with van der Waals surface area (Å²) in [4.78, 5) is 20.8. The monoisotopic (exact) mass is 351 g/mol. The van der Waals surface area contributed by atoms with Gasteiger partial charge in [-0.1, -0.05) is 18.2 Å². The van der Waals surface area contributed by atoms with Crippen molar-refractivity contribution in [3.8, 4) is 17.2 Å². The van der Waals surface area contributed by atoms with E-state index in [1.807, 2.05) is 37.3 Å². The van der Waals surface area contributed by atoms with Gasteiger partial charge >= 0.3 is 0 Å². The molecule has 0 fully saturated rings. The van der Waals surface area contributed by atoms with Crippen LogP contribution in [0.3, 0.4) is 0 Å². The van der Waals surface area contributed by atoms with Crippen LogP contribution in [-0.4, -0.2) is 22.5 Å². The molecule has 3 aromatic rings. The van der Waals surface area contributed by atoms with Gasteiger partial charge in [0.15, 0.2) is 5.76 Å². The first-order valence-corrected chi connectivity index (χ1v) is 8.59. The highest BCUT2D eigenvalue weighted by atomic mass is 16.5. The molecule has 1 N–H and O–H groups in total. The van der Waals surface area contributed by atoms with Crippen LogP contribution in [0.15, 0.2) is 59.5 Å². The van der Waals surface area contributed by atoms with E-state index in [1.165, 1.54) is 0 Å². The van der Waals surface area contributed by atoms with Crippen molar-refractivity contribution in [1.29, 1.82) is 0 Å². The summed E-state index contributed by atoms with van der Waals surface area (Å²) < 4.78 is 11.0. The third-order valence-electron chi connectivity index (χ3n) is 3.88. The van der Waals surface area contributed by atoms with Crippen LogP contribution in [0.4, 0.5) is 0 Å². The SMILES string of the molecule is CCOc1ccccc1CCC(=O)NCc1nccnc1-c1ccco1. The topological polar surface area (TPSA) is 77.2 Å². The Bertz CT molecular complexity index is 847. The normalized spacial score (nSPS) is 10.5. The molecule has 0 aliphatic heterocycles. The van der Waals surface area contributed by atoms with Gasteiger partial charge in [-0.3, -0.25) is 9.78 Å². The number of para-hydroxylation sites is 1. The zero-order chi connectivity index (χ0) is 18.2. The average molecular weight is 351 g/mol. The van der Waals surface area contributed by atoms with E-state index in [0.29, 0.717) is 43.1 Å². The molecule has 26 heavy (non-hydrogen) atoms. The van der Waals surface area contributed by atoms with Crippen molar-refractivity contribution in [2.45, 2.75) is 26.3 Å². The van der Waals surface area contributed by atoms with Crippen LogP contribution in [0.1, 0.15) is 24.6 Å². The number of nitrogens with one attached hydrogen (secondary N) is 1. The predicted molar refractivity (Wildman–Crippen MR) is 97.5 cm³/mol. The molecule has 0 radical (unpaired) electrons. The Morgan fingerprint density at radius 3 is 2.81 bits per heavy atom. The van der Waals surface area contributed by atoms with Crippen molar-refractivity contribution in [3.63, 3.8) is 0 Å². The van der Waals surface area contributed by atoms with Crippen molar-refractivity contribution in [2.24, 2.45) is 0 Å². The second-order valence-electron chi connectivity index (χ2n) is 5.65. The number of aryl methyl sites for hydroxylation is 1. The van der Waals surface area contributed by atoms with Gasteiger partial charge in [-0.15, -0.1) is 0 Å². The quantitative estimate of drug-likeness (QED) is 0.673. The minimum Gasteiger partial charge on any atom is -0.494 e. The molecular formula is C20H21N3O3.